The van der Waals surface area contributed by atoms with E-state index in [0.717, 1.165) is 4.70 Å². The Morgan fingerprint density at radius 1 is 1.47 bits per heavy atom. The number of hydrogen-bond donors (Lipinski definition) is 2. The van der Waals surface area contributed by atoms with Gasteiger partial charge in [0, 0.05) is 10.1 Å². The number of hydrogen-bond acceptors (Lipinski definition) is 4. The van der Waals surface area contributed by atoms with E-state index < -0.39 is 18.4 Å². The number of thiophene rings is 1. The summed E-state index contributed by atoms with van der Waals surface area (Å²) in [7, 11) is 1.54. The lowest BCUT2D eigenvalue weighted by atomic mass is 10.2. The van der Waals surface area contributed by atoms with Gasteiger partial charge >= 0.3 is 5.97 Å². The molecule has 0 saturated heterocycles. The van der Waals surface area contributed by atoms with Crippen molar-refractivity contribution in [1.29, 1.82) is 0 Å². The second kappa shape index (κ2) is 5.46. The highest BCUT2D eigenvalue weighted by molar-refractivity contribution is 7.21. The van der Waals surface area contributed by atoms with Gasteiger partial charge in [-0.25, -0.2) is 0 Å². The first-order valence-corrected chi connectivity index (χ1v) is 6.48. The molecule has 0 saturated carbocycles. The molecule has 0 aliphatic heterocycles. The first-order valence-electron chi connectivity index (χ1n) is 5.29. The molecule has 100 valence electrons. The molecule has 0 atom stereocenters. The van der Waals surface area contributed by atoms with Crippen molar-refractivity contribution >= 4 is 44.9 Å². The van der Waals surface area contributed by atoms with E-state index in [1.165, 1.54) is 11.3 Å². The molecule has 0 aliphatic carbocycles. The Morgan fingerprint density at radius 2 is 2.21 bits per heavy atom. The number of aliphatic carboxylic acids is 1. The summed E-state index contributed by atoms with van der Waals surface area (Å²) >= 11 is 7.35. The zero-order valence-corrected chi connectivity index (χ0v) is 11.5. The number of carbonyl (C=O) groups is 2. The van der Waals surface area contributed by atoms with Crippen LogP contribution < -0.4 is 10.1 Å². The predicted molar refractivity (Wildman–Crippen MR) is 73.4 cm³/mol. The van der Waals surface area contributed by atoms with Crippen molar-refractivity contribution < 1.29 is 19.4 Å². The van der Waals surface area contributed by atoms with E-state index in [1.54, 1.807) is 25.3 Å². The smallest absolute Gasteiger partial charge is 0.322 e. The summed E-state index contributed by atoms with van der Waals surface area (Å²) in [5, 5.41) is 11.8. The number of rotatable bonds is 4. The van der Waals surface area contributed by atoms with Crippen LogP contribution in [0.1, 0.15) is 9.67 Å². The van der Waals surface area contributed by atoms with E-state index in [9.17, 15) is 9.59 Å². The van der Waals surface area contributed by atoms with E-state index in [2.05, 4.69) is 5.32 Å². The third kappa shape index (κ3) is 2.80. The van der Waals surface area contributed by atoms with Gasteiger partial charge in [-0.3, -0.25) is 9.59 Å². The largest absolute Gasteiger partial charge is 0.497 e. The number of nitrogens with one attached hydrogen (secondary N) is 1. The van der Waals surface area contributed by atoms with Crippen molar-refractivity contribution in [2.45, 2.75) is 0 Å². The molecule has 19 heavy (non-hydrogen) atoms. The van der Waals surface area contributed by atoms with Crippen molar-refractivity contribution in [3.05, 3.63) is 28.1 Å². The van der Waals surface area contributed by atoms with Gasteiger partial charge in [0.05, 0.1) is 12.1 Å². The highest BCUT2D eigenvalue weighted by Crippen LogP contribution is 2.37. The first-order chi connectivity index (χ1) is 9.02. The molecule has 1 heterocycles. The monoisotopic (exact) mass is 299 g/mol. The minimum Gasteiger partial charge on any atom is -0.497 e. The molecule has 0 bridgehead atoms. The van der Waals surface area contributed by atoms with Crippen LogP contribution >= 0.6 is 22.9 Å². The van der Waals surface area contributed by atoms with Crippen molar-refractivity contribution in [1.82, 2.24) is 5.32 Å². The van der Waals surface area contributed by atoms with Gasteiger partial charge in [0.2, 0.25) is 0 Å². The molecular formula is C12H10ClNO4S. The Bertz CT molecular complexity index is 652. The number of carboxylic acids is 1. The number of halogens is 1. The van der Waals surface area contributed by atoms with Crippen LogP contribution in [0.5, 0.6) is 5.75 Å². The van der Waals surface area contributed by atoms with Crippen LogP contribution in [0.25, 0.3) is 10.1 Å². The maximum absolute atomic E-state index is 11.8. The summed E-state index contributed by atoms with van der Waals surface area (Å²) in [6, 6.07) is 5.31. The zero-order chi connectivity index (χ0) is 14.0. The molecule has 0 aliphatic rings. The summed E-state index contributed by atoms with van der Waals surface area (Å²) in [5.74, 6) is -0.954. The molecule has 0 radical (unpaired) electrons. The van der Waals surface area contributed by atoms with Gasteiger partial charge in [0.25, 0.3) is 5.91 Å². The third-order valence-electron chi connectivity index (χ3n) is 2.44. The van der Waals surface area contributed by atoms with Gasteiger partial charge in [-0.1, -0.05) is 11.6 Å². The van der Waals surface area contributed by atoms with Gasteiger partial charge in [-0.05, 0) is 18.2 Å². The summed E-state index contributed by atoms with van der Waals surface area (Å²) in [4.78, 5) is 22.5. The maximum Gasteiger partial charge on any atom is 0.322 e. The number of fused-ring (bicyclic) bond motifs is 1. The third-order valence-corrected chi connectivity index (χ3v) is 4.12. The predicted octanol–water partition coefficient (Wildman–Crippen LogP) is 2.38. The van der Waals surface area contributed by atoms with Crippen LogP contribution in [0.3, 0.4) is 0 Å². The lowest BCUT2D eigenvalue weighted by Crippen LogP contribution is -2.28. The molecule has 2 rings (SSSR count). The fourth-order valence-corrected chi connectivity index (χ4v) is 2.96. The summed E-state index contributed by atoms with van der Waals surface area (Å²) < 4.78 is 5.93. The second-order valence-electron chi connectivity index (χ2n) is 3.68. The van der Waals surface area contributed by atoms with Crippen molar-refractivity contribution in [3.63, 3.8) is 0 Å². The minimum absolute atomic E-state index is 0.297. The van der Waals surface area contributed by atoms with E-state index in [-0.39, 0.29) is 0 Å². The van der Waals surface area contributed by atoms with Gasteiger partial charge in [-0.2, -0.15) is 0 Å². The normalized spacial score (nSPS) is 10.4. The number of methoxy groups -OCH3 is 1. The van der Waals surface area contributed by atoms with Crippen LogP contribution in [0.15, 0.2) is 18.2 Å². The molecule has 2 aromatic rings. The molecule has 1 amide bonds. The van der Waals surface area contributed by atoms with Gasteiger partial charge in [0.1, 0.15) is 17.2 Å². The molecular weight excluding hydrogens is 290 g/mol. The van der Waals surface area contributed by atoms with Crippen LogP contribution in [0.2, 0.25) is 5.02 Å². The molecule has 7 heteroatoms. The lowest BCUT2D eigenvalue weighted by molar-refractivity contribution is -0.135. The summed E-state index contributed by atoms with van der Waals surface area (Å²) in [5.41, 5.74) is 0. The van der Waals surface area contributed by atoms with Gasteiger partial charge in [0.15, 0.2) is 0 Å². The number of benzene rings is 1. The molecule has 0 fully saturated rings. The van der Waals surface area contributed by atoms with Crippen LogP contribution in [-0.4, -0.2) is 30.6 Å². The van der Waals surface area contributed by atoms with Crippen LogP contribution in [0.4, 0.5) is 0 Å². The molecule has 2 N–H and O–H groups in total. The number of amides is 1. The molecule has 5 nitrogen and oxygen atoms in total. The molecule has 1 aromatic carbocycles. The maximum atomic E-state index is 11.8. The second-order valence-corrected chi connectivity index (χ2v) is 5.11. The SMILES string of the molecule is COc1ccc2sc(C(=O)NCC(=O)O)c(Cl)c2c1. The summed E-state index contributed by atoms with van der Waals surface area (Å²) in [6.45, 7) is -0.438. The quantitative estimate of drug-likeness (QED) is 0.909. The Labute approximate surface area is 117 Å². The fourth-order valence-electron chi connectivity index (χ4n) is 1.56. The standard InChI is InChI=1S/C12H10ClNO4S/c1-18-6-2-3-8-7(4-6)10(13)11(19-8)12(17)14-5-9(15)16/h2-4H,5H2,1H3,(H,14,17)(H,15,16). The van der Waals surface area contributed by atoms with Crippen molar-refractivity contribution in [2.75, 3.05) is 13.7 Å². The topological polar surface area (TPSA) is 75.6 Å². The average molecular weight is 300 g/mol. The minimum atomic E-state index is -1.10. The van der Waals surface area contributed by atoms with E-state index in [4.69, 9.17) is 21.4 Å². The average Bonchev–Trinajstić information content (AvgIpc) is 2.73. The van der Waals surface area contributed by atoms with Crippen molar-refractivity contribution in [2.24, 2.45) is 0 Å². The van der Waals surface area contributed by atoms with Crippen LogP contribution in [-0.2, 0) is 4.79 Å². The highest BCUT2D eigenvalue weighted by atomic mass is 35.5. The van der Waals surface area contributed by atoms with E-state index >= 15 is 0 Å². The number of carbonyl (C=O) groups excluding carboxylic acids is 1. The Morgan fingerprint density at radius 3 is 2.84 bits per heavy atom. The Hall–Kier alpha value is -1.79. The van der Waals surface area contributed by atoms with Crippen LogP contribution in [0, 0.1) is 0 Å². The van der Waals surface area contributed by atoms with E-state index in [0.29, 0.717) is 21.0 Å². The Kier molecular flexibility index (Phi) is 3.92. The first kappa shape index (κ1) is 13.6. The fraction of sp³-hybridized carbons (Fsp3) is 0.167. The molecule has 0 unspecified atom stereocenters. The number of ether oxygens (including phenoxy) is 1. The van der Waals surface area contributed by atoms with Gasteiger partial charge < -0.3 is 15.2 Å². The highest BCUT2D eigenvalue weighted by Gasteiger charge is 2.17. The summed E-state index contributed by atoms with van der Waals surface area (Å²) in [6.07, 6.45) is 0. The van der Waals surface area contributed by atoms with Gasteiger partial charge in [-0.15, -0.1) is 11.3 Å². The zero-order valence-electron chi connectivity index (χ0n) is 9.90. The Balaban J connectivity index is 2.36. The van der Waals surface area contributed by atoms with E-state index in [1.807, 2.05) is 0 Å². The molecule has 0 spiro atoms. The number of carboxylic acid groups (broad SMARTS) is 1. The molecule has 1 aromatic heterocycles. The lowest BCUT2D eigenvalue weighted by Gasteiger charge is -2.00. The van der Waals surface area contributed by atoms with Crippen molar-refractivity contribution in [3.8, 4) is 5.75 Å².